The minimum atomic E-state index is -0.520. The Bertz CT molecular complexity index is 773. The largest absolute Gasteiger partial charge is 0.299 e. The van der Waals surface area contributed by atoms with Crippen LogP contribution in [0.15, 0.2) is 40.9 Å². The minimum Gasteiger partial charge on any atom is -0.299 e. The van der Waals surface area contributed by atoms with Gasteiger partial charge in [-0.15, -0.1) is 0 Å². The number of hydrogen-bond donors (Lipinski definition) is 0. The number of amides is 1. The first-order valence-electron chi connectivity index (χ1n) is 6.39. The molecule has 5 heteroatoms. The highest BCUT2D eigenvalue weighted by Crippen LogP contribution is 2.37. The van der Waals surface area contributed by atoms with Gasteiger partial charge < -0.3 is 0 Å². The van der Waals surface area contributed by atoms with E-state index in [-0.39, 0.29) is 6.54 Å². The number of ketones is 1. The smallest absolute Gasteiger partial charge is 0.299 e. The van der Waals surface area contributed by atoms with E-state index < -0.39 is 11.7 Å². The van der Waals surface area contributed by atoms with E-state index in [9.17, 15) is 9.59 Å². The average Bonchev–Trinajstić information content (AvgIpc) is 2.68. The minimum absolute atomic E-state index is 0.277. The Morgan fingerprint density at radius 2 is 1.95 bits per heavy atom. The normalized spacial score (nSPS) is 13.8. The lowest BCUT2D eigenvalue weighted by Gasteiger charge is -2.18. The number of Topliss-reactive ketones (excluding diaryl/α,β-unsaturated/α-hetero) is 1. The lowest BCUT2D eigenvalue weighted by atomic mass is 10.1. The quantitative estimate of drug-likeness (QED) is 0.751. The van der Waals surface area contributed by atoms with E-state index in [2.05, 4.69) is 15.9 Å². The van der Waals surface area contributed by atoms with Crippen LogP contribution in [0.25, 0.3) is 0 Å². The fourth-order valence-corrected chi connectivity index (χ4v) is 3.29. The third-order valence-corrected chi connectivity index (χ3v) is 4.47. The molecule has 0 unspecified atom stereocenters. The molecule has 0 atom stereocenters. The molecule has 0 radical (unpaired) electrons. The number of halogens is 2. The zero-order chi connectivity index (χ0) is 15.1. The molecule has 1 amide bonds. The topological polar surface area (TPSA) is 37.4 Å². The number of carbonyl (C=O) groups is 2. The number of hydrogen-bond acceptors (Lipinski definition) is 2. The molecule has 2 aromatic rings. The van der Waals surface area contributed by atoms with Crippen LogP contribution in [0.1, 0.15) is 21.5 Å². The molecule has 106 valence electrons. The number of para-hydroxylation sites is 1. The van der Waals surface area contributed by atoms with Gasteiger partial charge >= 0.3 is 0 Å². The molecule has 0 saturated carbocycles. The van der Waals surface area contributed by atoms with Crippen molar-refractivity contribution in [1.29, 1.82) is 0 Å². The summed E-state index contributed by atoms with van der Waals surface area (Å²) in [6, 6.07) is 10.9. The second kappa shape index (κ2) is 5.28. The monoisotopic (exact) mass is 363 g/mol. The summed E-state index contributed by atoms with van der Waals surface area (Å²) >= 11 is 9.63. The predicted octanol–water partition coefficient (Wildman–Crippen LogP) is 4.14. The summed E-state index contributed by atoms with van der Waals surface area (Å²) < 4.78 is 0.724. The Labute approximate surface area is 135 Å². The zero-order valence-electron chi connectivity index (χ0n) is 11.2. The molecule has 0 bridgehead atoms. The molecule has 1 heterocycles. The highest BCUT2D eigenvalue weighted by Gasteiger charge is 2.37. The number of anilines is 1. The molecule has 21 heavy (non-hydrogen) atoms. The van der Waals surface area contributed by atoms with Crippen LogP contribution in [-0.2, 0) is 11.3 Å². The van der Waals surface area contributed by atoms with Crippen LogP contribution < -0.4 is 4.90 Å². The molecule has 0 aliphatic carbocycles. The predicted molar refractivity (Wildman–Crippen MR) is 85.9 cm³/mol. The lowest BCUT2D eigenvalue weighted by Crippen LogP contribution is -2.29. The fraction of sp³-hybridized carbons (Fsp3) is 0.125. The van der Waals surface area contributed by atoms with E-state index in [0.29, 0.717) is 16.3 Å². The van der Waals surface area contributed by atoms with Gasteiger partial charge in [-0.05, 0) is 52.2 Å². The van der Waals surface area contributed by atoms with Crippen molar-refractivity contribution in [1.82, 2.24) is 0 Å². The van der Waals surface area contributed by atoms with Gasteiger partial charge in [0.1, 0.15) is 0 Å². The van der Waals surface area contributed by atoms with Crippen molar-refractivity contribution in [3.8, 4) is 0 Å². The van der Waals surface area contributed by atoms with Crippen LogP contribution in [0.3, 0.4) is 0 Å². The number of aryl methyl sites for hydroxylation is 1. The van der Waals surface area contributed by atoms with Gasteiger partial charge in [0.2, 0.25) is 0 Å². The Balaban J connectivity index is 2.04. The number of benzene rings is 2. The number of rotatable bonds is 2. The molecule has 0 saturated heterocycles. The third-order valence-electron chi connectivity index (χ3n) is 3.48. The maximum absolute atomic E-state index is 12.2. The SMILES string of the molecule is Cc1ccc(CN2C(=O)C(=O)c3cccc(Br)c32)c(Cl)c1. The van der Waals surface area contributed by atoms with Crippen molar-refractivity contribution in [2.75, 3.05) is 4.90 Å². The van der Waals surface area contributed by atoms with Gasteiger partial charge in [-0.1, -0.05) is 29.8 Å². The van der Waals surface area contributed by atoms with Crippen LogP contribution in [0, 0.1) is 6.92 Å². The average molecular weight is 365 g/mol. The van der Waals surface area contributed by atoms with Gasteiger partial charge in [0.05, 0.1) is 17.8 Å². The van der Waals surface area contributed by atoms with Gasteiger partial charge in [0.15, 0.2) is 0 Å². The van der Waals surface area contributed by atoms with Crippen LogP contribution >= 0.6 is 27.5 Å². The Morgan fingerprint density at radius 1 is 1.19 bits per heavy atom. The zero-order valence-corrected chi connectivity index (χ0v) is 13.5. The molecule has 3 rings (SSSR count). The molecular formula is C16H11BrClNO2. The van der Waals surface area contributed by atoms with Gasteiger partial charge in [-0.3, -0.25) is 14.5 Å². The molecule has 0 spiro atoms. The highest BCUT2D eigenvalue weighted by molar-refractivity contribution is 9.10. The fourth-order valence-electron chi connectivity index (χ4n) is 2.41. The van der Waals surface area contributed by atoms with Crippen molar-refractivity contribution in [2.24, 2.45) is 0 Å². The van der Waals surface area contributed by atoms with Crippen molar-refractivity contribution in [2.45, 2.75) is 13.5 Å². The van der Waals surface area contributed by atoms with Crippen molar-refractivity contribution in [3.63, 3.8) is 0 Å². The van der Waals surface area contributed by atoms with E-state index in [1.165, 1.54) is 4.90 Å². The van der Waals surface area contributed by atoms with E-state index in [1.807, 2.05) is 31.2 Å². The van der Waals surface area contributed by atoms with Gasteiger partial charge in [-0.25, -0.2) is 0 Å². The number of carbonyl (C=O) groups excluding carboxylic acids is 2. The molecule has 0 aromatic heterocycles. The standard InChI is InChI=1S/C16H11BrClNO2/c1-9-5-6-10(13(18)7-9)8-19-14-11(15(20)16(19)21)3-2-4-12(14)17/h2-7H,8H2,1H3. The van der Waals surface area contributed by atoms with Gasteiger partial charge in [0, 0.05) is 9.50 Å². The molecule has 1 aliphatic heterocycles. The van der Waals surface area contributed by atoms with Gasteiger partial charge in [-0.2, -0.15) is 0 Å². The van der Waals surface area contributed by atoms with Crippen molar-refractivity contribution < 1.29 is 9.59 Å². The highest BCUT2D eigenvalue weighted by atomic mass is 79.9. The summed E-state index contributed by atoms with van der Waals surface area (Å²) in [5, 5.41) is 0.593. The summed E-state index contributed by atoms with van der Waals surface area (Å²) in [5.41, 5.74) is 2.91. The Morgan fingerprint density at radius 3 is 2.67 bits per heavy atom. The second-order valence-electron chi connectivity index (χ2n) is 4.95. The summed E-state index contributed by atoms with van der Waals surface area (Å²) in [5.74, 6) is -0.997. The van der Waals surface area contributed by atoms with Crippen LogP contribution in [0.4, 0.5) is 5.69 Å². The first-order valence-corrected chi connectivity index (χ1v) is 7.56. The second-order valence-corrected chi connectivity index (χ2v) is 6.21. The van der Waals surface area contributed by atoms with E-state index in [1.54, 1.807) is 12.1 Å². The molecule has 2 aromatic carbocycles. The Hall–Kier alpha value is -1.65. The van der Waals surface area contributed by atoms with Crippen molar-refractivity contribution in [3.05, 3.63) is 62.6 Å². The van der Waals surface area contributed by atoms with E-state index >= 15 is 0 Å². The van der Waals surface area contributed by atoms with Crippen LogP contribution in [0.2, 0.25) is 5.02 Å². The first-order chi connectivity index (χ1) is 9.99. The molecule has 0 N–H and O–H groups in total. The third kappa shape index (κ3) is 2.39. The molecular weight excluding hydrogens is 354 g/mol. The Kier molecular flexibility index (Phi) is 3.59. The summed E-state index contributed by atoms with van der Waals surface area (Å²) in [7, 11) is 0. The van der Waals surface area contributed by atoms with Gasteiger partial charge in [0.25, 0.3) is 11.7 Å². The van der Waals surface area contributed by atoms with E-state index in [0.717, 1.165) is 15.6 Å². The number of fused-ring (bicyclic) bond motifs is 1. The molecule has 0 fully saturated rings. The summed E-state index contributed by atoms with van der Waals surface area (Å²) in [6.45, 7) is 2.23. The lowest BCUT2D eigenvalue weighted by molar-refractivity contribution is -0.114. The molecule has 3 nitrogen and oxygen atoms in total. The number of nitrogens with zero attached hydrogens (tertiary/aromatic N) is 1. The maximum Gasteiger partial charge on any atom is 0.299 e. The van der Waals surface area contributed by atoms with E-state index in [4.69, 9.17) is 11.6 Å². The van der Waals surface area contributed by atoms with Crippen LogP contribution in [0.5, 0.6) is 0 Å². The van der Waals surface area contributed by atoms with Crippen LogP contribution in [-0.4, -0.2) is 11.7 Å². The summed E-state index contributed by atoms with van der Waals surface area (Å²) in [6.07, 6.45) is 0. The van der Waals surface area contributed by atoms with Crippen molar-refractivity contribution >= 4 is 44.9 Å². The first kappa shape index (κ1) is 14.3. The molecule has 1 aliphatic rings. The summed E-state index contributed by atoms with van der Waals surface area (Å²) in [4.78, 5) is 25.7. The maximum atomic E-state index is 12.2.